The third-order valence-corrected chi connectivity index (χ3v) is 3.31. The van der Waals surface area contributed by atoms with Crippen LogP contribution >= 0.6 is 0 Å². The summed E-state index contributed by atoms with van der Waals surface area (Å²) in [5.41, 5.74) is 7.49. The van der Waals surface area contributed by atoms with Gasteiger partial charge < -0.3 is 11.1 Å². The summed E-state index contributed by atoms with van der Waals surface area (Å²) in [6, 6.07) is 3.57. The van der Waals surface area contributed by atoms with E-state index in [2.05, 4.69) is 10.4 Å². The van der Waals surface area contributed by atoms with Crippen molar-refractivity contribution in [3.8, 4) is 0 Å². The zero-order chi connectivity index (χ0) is 15.8. The van der Waals surface area contributed by atoms with E-state index in [1.807, 2.05) is 6.92 Å². The Bertz CT molecular complexity index is 659. The average molecular weight is 298 g/mol. The number of rotatable bonds is 3. The van der Waals surface area contributed by atoms with Gasteiger partial charge in [0, 0.05) is 12.7 Å². The smallest absolute Gasteiger partial charge is 0.394 e. The summed E-state index contributed by atoms with van der Waals surface area (Å²) in [4.78, 5) is 0. The molecule has 3 N–H and O–H groups in total. The number of anilines is 3. The second-order valence-corrected chi connectivity index (χ2v) is 4.84. The minimum Gasteiger partial charge on any atom is -0.394 e. The van der Waals surface area contributed by atoms with Crippen molar-refractivity contribution in [2.24, 2.45) is 7.05 Å². The predicted octanol–water partition coefficient (Wildman–Crippen LogP) is 3.64. The Kier molecular flexibility index (Phi) is 3.85. The Labute approximate surface area is 120 Å². The van der Waals surface area contributed by atoms with Gasteiger partial charge in [0.1, 0.15) is 0 Å². The quantitative estimate of drug-likeness (QED) is 0.909. The Morgan fingerprint density at radius 2 is 2.00 bits per heavy atom. The summed E-state index contributed by atoms with van der Waals surface area (Å²) in [7, 11) is 1.70. The number of nitrogens with one attached hydrogen (secondary N) is 1. The highest BCUT2D eigenvalue weighted by Gasteiger charge is 2.31. The number of aryl methyl sites for hydroxylation is 3. The molecule has 0 aliphatic carbocycles. The van der Waals surface area contributed by atoms with Gasteiger partial charge in [0.2, 0.25) is 0 Å². The number of nitrogens with two attached hydrogens (primary N) is 1. The highest BCUT2D eigenvalue weighted by molar-refractivity contribution is 5.73. The van der Waals surface area contributed by atoms with Crippen LogP contribution < -0.4 is 11.1 Å². The van der Waals surface area contributed by atoms with Crippen LogP contribution in [0.1, 0.15) is 23.7 Å². The van der Waals surface area contributed by atoms with Crippen molar-refractivity contribution in [3.05, 3.63) is 35.0 Å². The van der Waals surface area contributed by atoms with E-state index in [9.17, 15) is 13.2 Å². The van der Waals surface area contributed by atoms with Crippen molar-refractivity contribution < 1.29 is 13.2 Å². The van der Waals surface area contributed by atoms with Crippen LogP contribution in [0.3, 0.4) is 0 Å². The van der Waals surface area contributed by atoms with E-state index >= 15 is 0 Å². The lowest BCUT2D eigenvalue weighted by Crippen LogP contribution is -2.07. The van der Waals surface area contributed by atoms with Gasteiger partial charge in [-0.05, 0) is 31.0 Å². The lowest BCUT2D eigenvalue weighted by atomic mass is 10.1. The number of nitrogens with zero attached hydrogens (tertiary/aromatic N) is 2. The number of benzene rings is 1. The maximum absolute atomic E-state index is 12.8. The summed E-state index contributed by atoms with van der Waals surface area (Å²) in [5, 5.41) is 7.18. The van der Waals surface area contributed by atoms with Crippen molar-refractivity contribution in [2.75, 3.05) is 11.1 Å². The molecule has 1 aromatic heterocycles. The monoisotopic (exact) mass is 298 g/mol. The van der Waals surface area contributed by atoms with Crippen LogP contribution in [-0.2, 0) is 19.6 Å². The third-order valence-electron chi connectivity index (χ3n) is 3.31. The van der Waals surface area contributed by atoms with Gasteiger partial charge in [0.15, 0.2) is 5.82 Å². The molecule has 0 amide bonds. The van der Waals surface area contributed by atoms with Gasteiger partial charge in [-0.15, -0.1) is 0 Å². The van der Waals surface area contributed by atoms with Crippen LogP contribution in [0, 0.1) is 6.92 Å². The first-order valence-electron chi connectivity index (χ1n) is 6.50. The second kappa shape index (κ2) is 5.31. The molecule has 2 aromatic rings. The van der Waals surface area contributed by atoms with Gasteiger partial charge in [0.05, 0.1) is 16.9 Å². The zero-order valence-corrected chi connectivity index (χ0v) is 12.0. The zero-order valence-electron chi connectivity index (χ0n) is 12.0. The Morgan fingerprint density at radius 1 is 1.33 bits per heavy atom. The molecule has 0 unspecified atom stereocenters. The molecule has 7 heteroatoms. The van der Waals surface area contributed by atoms with Gasteiger partial charge in [0.25, 0.3) is 0 Å². The molecule has 4 nitrogen and oxygen atoms in total. The average Bonchev–Trinajstić information content (AvgIpc) is 2.67. The molecule has 114 valence electrons. The lowest BCUT2D eigenvalue weighted by Gasteiger charge is -2.14. The van der Waals surface area contributed by atoms with Gasteiger partial charge >= 0.3 is 6.18 Å². The Morgan fingerprint density at radius 3 is 2.52 bits per heavy atom. The SMILES string of the molecule is CCc1nn(C)c(Nc2cc(C(F)(F)F)ccc2C)c1N. The fourth-order valence-electron chi connectivity index (χ4n) is 2.07. The number of aromatic nitrogens is 2. The van der Waals surface area contributed by atoms with E-state index in [1.165, 1.54) is 10.7 Å². The molecule has 2 rings (SSSR count). The van der Waals surface area contributed by atoms with Gasteiger partial charge in [-0.3, -0.25) is 4.68 Å². The molecule has 0 spiro atoms. The van der Waals surface area contributed by atoms with E-state index in [-0.39, 0.29) is 0 Å². The summed E-state index contributed by atoms with van der Waals surface area (Å²) in [6.07, 6.45) is -3.72. The van der Waals surface area contributed by atoms with Gasteiger partial charge in [-0.2, -0.15) is 18.3 Å². The lowest BCUT2D eigenvalue weighted by molar-refractivity contribution is -0.137. The fraction of sp³-hybridized carbons (Fsp3) is 0.357. The van der Waals surface area contributed by atoms with Crippen molar-refractivity contribution in [3.63, 3.8) is 0 Å². The first-order chi connectivity index (χ1) is 9.74. The first-order valence-corrected chi connectivity index (χ1v) is 6.50. The van der Waals surface area contributed by atoms with Crippen molar-refractivity contribution in [1.29, 1.82) is 0 Å². The van der Waals surface area contributed by atoms with Gasteiger partial charge in [-0.1, -0.05) is 13.0 Å². The molecular formula is C14H17F3N4. The minimum absolute atomic E-state index is 0.363. The highest BCUT2D eigenvalue weighted by Crippen LogP contribution is 2.34. The third kappa shape index (κ3) is 2.96. The first kappa shape index (κ1) is 15.2. The molecule has 0 saturated carbocycles. The minimum atomic E-state index is -4.38. The Hall–Kier alpha value is -2.18. The molecule has 0 aliphatic heterocycles. The van der Waals surface area contributed by atoms with Crippen LogP contribution in [0.15, 0.2) is 18.2 Å². The number of halogens is 3. The maximum Gasteiger partial charge on any atom is 0.416 e. The molecule has 1 heterocycles. The topological polar surface area (TPSA) is 55.9 Å². The van der Waals surface area contributed by atoms with E-state index < -0.39 is 11.7 Å². The summed E-state index contributed by atoms with van der Waals surface area (Å²) in [5.74, 6) is 0.495. The summed E-state index contributed by atoms with van der Waals surface area (Å²) < 4.78 is 39.9. The number of nitrogen functional groups attached to an aromatic ring is 1. The molecule has 0 fully saturated rings. The van der Waals surface area contributed by atoms with Crippen LogP contribution in [0.4, 0.5) is 30.4 Å². The number of hydrogen-bond acceptors (Lipinski definition) is 3. The van der Waals surface area contributed by atoms with E-state index in [0.717, 1.165) is 12.1 Å². The molecule has 1 aromatic carbocycles. The highest BCUT2D eigenvalue weighted by atomic mass is 19.4. The maximum atomic E-state index is 12.8. The van der Waals surface area contributed by atoms with Crippen LogP contribution in [0.2, 0.25) is 0 Å². The van der Waals surface area contributed by atoms with Crippen LogP contribution in [-0.4, -0.2) is 9.78 Å². The van der Waals surface area contributed by atoms with Crippen LogP contribution in [0.25, 0.3) is 0 Å². The molecule has 0 atom stereocenters. The van der Waals surface area contributed by atoms with E-state index in [1.54, 1.807) is 14.0 Å². The molecule has 0 bridgehead atoms. The van der Waals surface area contributed by atoms with Gasteiger partial charge in [-0.25, -0.2) is 0 Å². The van der Waals surface area contributed by atoms with E-state index in [4.69, 9.17) is 5.73 Å². The normalized spacial score (nSPS) is 11.7. The van der Waals surface area contributed by atoms with Crippen molar-refractivity contribution in [2.45, 2.75) is 26.4 Å². The van der Waals surface area contributed by atoms with Crippen molar-refractivity contribution in [1.82, 2.24) is 9.78 Å². The van der Waals surface area contributed by atoms with Crippen molar-refractivity contribution >= 4 is 17.2 Å². The summed E-state index contributed by atoms with van der Waals surface area (Å²) in [6.45, 7) is 3.65. The molecular weight excluding hydrogens is 281 g/mol. The number of alkyl halides is 3. The molecule has 0 radical (unpaired) electrons. The molecule has 0 aliphatic rings. The predicted molar refractivity (Wildman–Crippen MR) is 76.5 cm³/mol. The standard InChI is InChI=1S/C14H17F3N4/c1-4-10-12(18)13(21(3)20-10)19-11-7-9(14(15,16)17)6-5-8(11)2/h5-7,19H,4,18H2,1-3H3. The second-order valence-electron chi connectivity index (χ2n) is 4.84. The molecule has 21 heavy (non-hydrogen) atoms. The Balaban J connectivity index is 2.42. The fourth-order valence-corrected chi connectivity index (χ4v) is 2.07. The largest absolute Gasteiger partial charge is 0.416 e. The summed E-state index contributed by atoms with van der Waals surface area (Å²) >= 11 is 0. The molecule has 0 saturated heterocycles. The van der Waals surface area contributed by atoms with Crippen LogP contribution in [0.5, 0.6) is 0 Å². The number of hydrogen-bond donors (Lipinski definition) is 2. The van der Waals surface area contributed by atoms with E-state index in [0.29, 0.717) is 34.9 Å².